The third-order valence-corrected chi connectivity index (χ3v) is 4.83. The van der Waals surface area contributed by atoms with Gasteiger partial charge in [-0.25, -0.2) is 4.98 Å². The van der Waals surface area contributed by atoms with Gasteiger partial charge in [0.1, 0.15) is 5.02 Å². The van der Waals surface area contributed by atoms with Crippen molar-refractivity contribution in [3.05, 3.63) is 45.1 Å². The normalized spacial score (nSPS) is 11.1. The number of amides is 1. The van der Waals surface area contributed by atoms with Gasteiger partial charge in [-0.2, -0.15) is 0 Å². The van der Waals surface area contributed by atoms with E-state index in [0.717, 1.165) is 15.8 Å². The summed E-state index contributed by atoms with van der Waals surface area (Å²) in [6.45, 7) is 0.471. The number of thiazole rings is 1. The summed E-state index contributed by atoms with van der Waals surface area (Å²) in [5, 5.41) is 4.83. The number of carbonyl (C=O) groups is 1. The molecule has 2 aromatic heterocycles. The lowest BCUT2D eigenvalue weighted by Crippen LogP contribution is -2.13. The highest BCUT2D eigenvalue weighted by molar-refractivity contribution is 7.15. The molecule has 0 unspecified atom stereocenters. The van der Waals surface area contributed by atoms with E-state index in [0.29, 0.717) is 27.4 Å². The third kappa shape index (κ3) is 3.50. The van der Waals surface area contributed by atoms with E-state index in [1.807, 2.05) is 0 Å². The maximum absolute atomic E-state index is 12.2. The lowest BCUT2D eigenvalue weighted by atomic mass is 10.1. The largest absolute Gasteiger partial charge is 0.462 e. The van der Waals surface area contributed by atoms with E-state index in [2.05, 4.69) is 10.3 Å². The first-order chi connectivity index (χ1) is 11.1. The highest BCUT2D eigenvalue weighted by atomic mass is 35.5. The lowest BCUT2D eigenvalue weighted by Gasteiger charge is -2.01. The second-order valence-electron chi connectivity index (χ2n) is 4.79. The number of carbonyl (C=O) groups excluding carboxylic acids is 1. The zero-order chi connectivity index (χ0) is 16.4. The summed E-state index contributed by atoms with van der Waals surface area (Å²) in [6, 6.07) is 3.47. The van der Waals surface area contributed by atoms with Gasteiger partial charge in [0.25, 0.3) is 0 Å². The van der Waals surface area contributed by atoms with Crippen molar-refractivity contribution in [3.8, 4) is 0 Å². The summed E-state index contributed by atoms with van der Waals surface area (Å²) in [6.07, 6.45) is 3.35. The second-order valence-corrected chi connectivity index (χ2v) is 6.69. The number of benzene rings is 1. The Balaban J connectivity index is 1.73. The zero-order valence-corrected chi connectivity index (χ0v) is 14.4. The molecule has 1 amide bonds. The molecule has 5 nitrogen and oxygen atoms in total. The van der Waals surface area contributed by atoms with Crippen LogP contribution in [0.25, 0.3) is 11.0 Å². The first kappa shape index (κ1) is 16.3. The maximum atomic E-state index is 12.2. The van der Waals surface area contributed by atoms with Crippen molar-refractivity contribution in [1.82, 2.24) is 4.98 Å². The van der Waals surface area contributed by atoms with E-state index in [1.165, 1.54) is 17.6 Å². The number of hydrogen-bond acceptors (Lipinski definition) is 5. The first-order valence-corrected chi connectivity index (χ1v) is 8.23. The number of methoxy groups -OCH3 is 1. The number of furan rings is 1. The Hall–Kier alpha value is -1.60. The van der Waals surface area contributed by atoms with E-state index >= 15 is 0 Å². The number of halogens is 2. The fourth-order valence-electron chi connectivity index (χ4n) is 2.14. The summed E-state index contributed by atoms with van der Waals surface area (Å²) < 4.78 is 10.4. The summed E-state index contributed by atoms with van der Waals surface area (Å²) in [5.41, 5.74) is 1.23. The Bertz CT molecular complexity index is 860. The number of aromatic nitrogens is 1. The minimum atomic E-state index is -0.183. The molecule has 0 fully saturated rings. The maximum Gasteiger partial charge on any atom is 0.230 e. The Morgan fingerprint density at radius 2 is 2.26 bits per heavy atom. The second kappa shape index (κ2) is 6.88. The van der Waals surface area contributed by atoms with Crippen LogP contribution in [0.1, 0.15) is 10.4 Å². The van der Waals surface area contributed by atoms with Crippen molar-refractivity contribution in [2.45, 2.75) is 13.0 Å². The summed E-state index contributed by atoms with van der Waals surface area (Å²) in [7, 11) is 1.61. The van der Waals surface area contributed by atoms with E-state index in [9.17, 15) is 4.79 Å². The topological polar surface area (TPSA) is 64.4 Å². The van der Waals surface area contributed by atoms with Gasteiger partial charge in [-0.1, -0.05) is 34.5 Å². The van der Waals surface area contributed by atoms with Crippen LogP contribution >= 0.6 is 34.5 Å². The lowest BCUT2D eigenvalue weighted by molar-refractivity contribution is -0.115. The molecule has 0 atom stereocenters. The van der Waals surface area contributed by atoms with Crippen molar-refractivity contribution in [3.63, 3.8) is 0 Å². The van der Waals surface area contributed by atoms with Crippen molar-refractivity contribution in [2.24, 2.45) is 0 Å². The molecule has 3 rings (SSSR count). The molecule has 0 aliphatic rings. The number of fused-ring (bicyclic) bond motifs is 1. The van der Waals surface area contributed by atoms with Crippen LogP contribution in [-0.2, 0) is 22.6 Å². The molecule has 0 saturated heterocycles. The number of hydrogen-bond donors (Lipinski definition) is 1. The summed E-state index contributed by atoms with van der Waals surface area (Å²) >= 11 is 13.4. The van der Waals surface area contributed by atoms with Gasteiger partial charge in [0.2, 0.25) is 5.91 Å². The van der Waals surface area contributed by atoms with E-state index in [4.69, 9.17) is 32.4 Å². The first-order valence-electron chi connectivity index (χ1n) is 6.66. The van der Waals surface area contributed by atoms with Crippen LogP contribution in [0.3, 0.4) is 0 Å². The number of anilines is 1. The number of ether oxygens (including phenoxy) is 1. The van der Waals surface area contributed by atoms with Crippen molar-refractivity contribution in [2.75, 3.05) is 12.4 Å². The molecule has 8 heteroatoms. The van der Waals surface area contributed by atoms with Gasteiger partial charge in [0, 0.05) is 24.3 Å². The number of rotatable bonds is 5. The fraction of sp³-hybridized carbons (Fsp3) is 0.200. The Labute approximate surface area is 146 Å². The predicted octanol–water partition coefficient (Wildman–Crippen LogP) is 4.52. The van der Waals surface area contributed by atoms with Crippen molar-refractivity contribution in [1.29, 1.82) is 0 Å². The average Bonchev–Trinajstić information content (AvgIpc) is 3.11. The average molecular weight is 371 g/mol. The van der Waals surface area contributed by atoms with Gasteiger partial charge in [-0.05, 0) is 12.1 Å². The molecule has 3 aromatic rings. The summed E-state index contributed by atoms with van der Waals surface area (Å²) in [5.74, 6) is -0.183. The van der Waals surface area contributed by atoms with Crippen LogP contribution in [0.2, 0.25) is 10.0 Å². The zero-order valence-electron chi connectivity index (χ0n) is 12.1. The molecule has 0 radical (unpaired) electrons. The minimum absolute atomic E-state index is 0.157. The minimum Gasteiger partial charge on any atom is -0.462 e. The Kier molecular flexibility index (Phi) is 4.87. The number of nitrogens with zero attached hydrogens (tertiary/aromatic N) is 1. The molecule has 1 aromatic carbocycles. The van der Waals surface area contributed by atoms with E-state index in [1.54, 1.807) is 25.4 Å². The van der Waals surface area contributed by atoms with E-state index in [-0.39, 0.29) is 12.3 Å². The van der Waals surface area contributed by atoms with Crippen LogP contribution < -0.4 is 5.32 Å². The fourth-order valence-corrected chi connectivity index (χ4v) is 3.30. The smallest absolute Gasteiger partial charge is 0.230 e. The molecule has 0 bridgehead atoms. The van der Waals surface area contributed by atoms with Gasteiger partial charge < -0.3 is 14.5 Å². The molecule has 0 spiro atoms. The van der Waals surface area contributed by atoms with Gasteiger partial charge in [0.05, 0.1) is 29.2 Å². The molecular formula is C15H12Cl2N2O3S. The van der Waals surface area contributed by atoms with Gasteiger partial charge >= 0.3 is 0 Å². The quantitative estimate of drug-likeness (QED) is 0.716. The third-order valence-electron chi connectivity index (χ3n) is 3.15. The van der Waals surface area contributed by atoms with Crippen LogP contribution in [-0.4, -0.2) is 18.0 Å². The SMILES string of the molecule is COCc1cnc(NC(=O)Cc2coc3c(Cl)c(Cl)ccc23)s1. The van der Waals surface area contributed by atoms with Gasteiger partial charge in [-0.15, -0.1) is 0 Å². The van der Waals surface area contributed by atoms with E-state index < -0.39 is 0 Å². The molecule has 23 heavy (non-hydrogen) atoms. The Morgan fingerprint density at radius 3 is 3.04 bits per heavy atom. The van der Waals surface area contributed by atoms with Crippen LogP contribution in [0, 0.1) is 0 Å². The molecule has 120 valence electrons. The molecule has 0 aliphatic carbocycles. The predicted molar refractivity (Wildman–Crippen MR) is 91.4 cm³/mol. The van der Waals surface area contributed by atoms with Crippen molar-refractivity contribution < 1.29 is 13.9 Å². The van der Waals surface area contributed by atoms with Crippen LogP contribution in [0.5, 0.6) is 0 Å². The highest BCUT2D eigenvalue weighted by Gasteiger charge is 2.15. The molecule has 1 N–H and O–H groups in total. The van der Waals surface area contributed by atoms with Crippen LogP contribution in [0.4, 0.5) is 5.13 Å². The Morgan fingerprint density at radius 1 is 1.43 bits per heavy atom. The molecule has 0 saturated carbocycles. The molecular weight excluding hydrogens is 359 g/mol. The highest BCUT2D eigenvalue weighted by Crippen LogP contribution is 2.33. The van der Waals surface area contributed by atoms with Gasteiger partial charge in [0.15, 0.2) is 10.7 Å². The standard InChI is InChI=1S/C15H12Cl2N2O3S/c1-21-7-9-5-18-15(23-9)19-12(20)4-8-6-22-14-10(8)2-3-11(16)13(14)17/h2-3,5-6H,4,7H2,1H3,(H,18,19,20). The molecule has 2 heterocycles. The molecule has 0 aliphatic heterocycles. The van der Waals surface area contributed by atoms with Gasteiger partial charge in [-0.3, -0.25) is 4.79 Å². The van der Waals surface area contributed by atoms with Crippen LogP contribution in [0.15, 0.2) is 29.0 Å². The summed E-state index contributed by atoms with van der Waals surface area (Å²) in [4.78, 5) is 17.2. The number of nitrogens with one attached hydrogen (secondary N) is 1. The van der Waals surface area contributed by atoms with Crippen molar-refractivity contribution >= 4 is 56.5 Å². The monoisotopic (exact) mass is 370 g/mol.